The van der Waals surface area contributed by atoms with Gasteiger partial charge in [0.1, 0.15) is 9.85 Å². The number of benzene rings is 1. The molecule has 0 radical (unpaired) electrons. The molecule has 0 saturated heterocycles. The van der Waals surface area contributed by atoms with Gasteiger partial charge in [0, 0.05) is 5.56 Å². The van der Waals surface area contributed by atoms with Crippen molar-refractivity contribution in [2.24, 2.45) is 11.5 Å². The maximum absolute atomic E-state index is 11.1. The fraction of sp³-hybridized carbons (Fsp3) is 0.222. The first-order valence-corrected chi connectivity index (χ1v) is 4.84. The van der Waals surface area contributed by atoms with E-state index in [0.29, 0.717) is 0 Å². The summed E-state index contributed by atoms with van der Waals surface area (Å²) in [4.78, 5) is 29.8. The van der Waals surface area contributed by atoms with Gasteiger partial charge in [-0.15, -0.1) is 0 Å². The van der Waals surface area contributed by atoms with E-state index in [-0.39, 0.29) is 5.56 Å². The van der Waals surface area contributed by atoms with Gasteiger partial charge in [-0.2, -0.15) is 0 Å². The Bertz CT molecular complexity index is 493. The van der Waals surface area contributed by atoms with Gasteiger partial charge in [-0.25, -0.2) is 4.79 Å². The Hall–Kier alpha value is -2.59. The Labute approximate surface area is 105 Å². The van der Waals surface area contributed by atoms with Crippen molar-refractivity contribution in [1.82, 2.24) is 0 Å². The van der Waals surface area contributed by atoms with E-state index in [1.54, 1.807) is 0 Å². The highest BCUT2D eigenvalue weighted by molar-refractivity contribution is 5.77. The van der Waals surface area contributed by atoms with Crippen LogP contribution in [-0.2, 0) is 10.5 Å². The summed E-state index contributed by atoms with van der Waals surface area (Å²) in [5.41, 5.74) is 4.01. The van der Waals surface area contributed by atoms with E-state index in [1.807, 2.05) is 0 Å². The van der Waals surface area contributed by atoms with Crippen molar-refractivity contribution in [1.29, 1.82) is 0 Å². The first kappa shape index (κ1) is 14.5. The number of rotatable bonds is 5. The molecule has 0 atom stereocenters. The highest BCUT2D eigenvalue weighted by Crippen LogP contribution is 2.29. The summed E-state index contributed by atoms with van der Waals surface area (Å²) in [6.07, 6.45) is 0. The molecule has 0 aliphatic carbocycles. The van der Waals surface area contributed by atoms with Crippen LogP contribution in [0.4, 0.5) is 0 Å². The van der Waals surface area contributed by atoms with Crippen LogP contribution in [0.1, 0.15) is 5.56 Å². The van der Waals surface area contributed by atoms with Crippen LogP contribution >= 0.6 is 0 Å². The summed E-state index contributed by atoms with van der Waals surface area (Å²) < 4.78 is 0. The molecule has 0 unspecified atom stereocenters. The minimum atomic E-state index is -3.78. The molecule has 1 rings (SSSR count). The third-order valence-electron chi connectivity index (χ3n) is 2.65. The van der Waals surface area contributed by atoms with E-state index in [1.165, 1.54) is 30.3 Å². The van der Waals surface area contributed by atoms with Gasteiger partial charge in [0.05, 0.1) is 0 Å². The Kier molecular flexibility index (Phi) is 3.49. The molecule has 0 aliphatic rings. The fourth-order valence-corrected chi connectivity index (χ4v) is 1.62. The number of hydrogen-bond acceptors (Lipinski definition) is 7. The fourth-order valence-electron chi connectivity index (χ4n) is 1.62. The smallest absolute Gasteiger partial charge is 0.470 e. The summed E-state index contributed by atoms with van der Waals surface area (Å²) in [5.74, 6) is -2.35. The van der Waals surface area contributed by atoms with Crippen molar-refractivity contribution in [3.63, 3.8) is 0 Å². The monoisotopic (exact) mass is 270 g/mol. The largest absolute Gasteiger partial charge is 0.586 e. The van der Waals surface area contributed by atoms with Crippen molar-refractivity contribution in [2.45, 2.75) is 11.3 Å². The van der Waals surface area contributed by atoms with E-state index in [2.05, 4.69) is 0 Å². The molecule has 0 aromatic heterocycles. The van der Waals surface area contributed by atoms with Crippen LogP contribution in [0.3, 0.4) is 0 Å². The van der Waals surface area contributed by atoms with Crippen LogP contribution in [0.25, 0.3) is 0 Å². The minimum absolute atomic E-state index is 0.245. The van der Waals surface area contributed by atoms with Crippen LogP contribution in [-0.4, -0.2) is 26.6 Å². The molecular formula is C9H10N4O6. The van der Waals surface area contributed by atoms with E-state index < -0.39 is 27.1 Å². The van der Waals surface area contributed by atoms with Gasteiger partial charge < -0.3 is 5.11 Å². The van der Waals surface area contributed by atoms with Gasteiger partial charge in [0.25, 0.3) is 0 Å². The van der Waals surface area contributed by atoms with Crippen LogP contribution in [0, 0.1) is 20.2 Å². The molecule has 1 aromatic carbocycles. The average molecular weight is 270 g/mol. The van der Waals surface area contributed by atoms with Crippen molar-refractivity contribution in [2.75, 3.05) is 0 Å². The Morgan fingerprint density at radius 3 is 1.84 bits per heavy atom. The van der Waals surface area contributed by atoms with Gasteiger partial charge in [-0.3, -0.25) is 31.7 Å². The average Bonchev–Trinajstić information content (AvgIpc) is 2.28. The lowest BCUT2D eigenvalue weighted by molar-refractivity contribution is -0.790. The number of carbonyl (C=O) groups is 1. The van der Waals surface area contributed by atoms with Crippen molar-refractivity contribution < 1.29 is 19.7 Å². The topological polar surface area (TPSA) is 176 Å². The highest BCUT2D eigenvalue weighted by atomic mass is 16.7. The molecule has 0 aliphatic heterocycles. The summed E-state index contributed by atoms with van der Waals surface area (Å²) in [7, 11) is 0. The maximum Gasteiger partial charge on any atom is 0.586 e. The third-order valence-corrected chi connectivity index (χ3v) is 2.65. The number of carboxylic acids is 1. The van der Waals surface area contributed by atoms with E-state index in [9.17, 15) is 25.0 Å². The van der Waals surface area contributed by atoms with E-state index >= 15 is 0 Å². The Morgan fingerprint density at radius 2 is 1.53 bits per heavy atom. The Balaban J connectivity index is 3.62. The molecule has 0 heterocycles. The molecule has 10 heteroatoms. The summed E-state index contributed by atoms with van der Waals surface area (Å²) >= 11 is 0. The van der Waals surface area contributed by atoms with Crippen LogP contribution in [0.15, 0.2) is 30.3 Å². The maximum atomic E-state index is 11.1. The zero-order valence-corrected chi connectivity index (χ0v) is 9.42. The molecule has 102 valence electrons. The lowest BCUT2D eigenvalue weighted by Gasteiger charge is -2.28. The number of nitrogens with two attached hydrogens (primary N) is 2. The number of hydrogen-bond donors (Lipinski definition) is 3. The summed E-state index contributed by atoms with van der Waals surface area (Å²) in [5, 5.41) is 30.8. The predicted molar refractivity (Wildman–Crippen MR) is 60.9 cm³/mol. The van der Waals surface area contributed by atoms with Gasteiger partial charge in [0.15, 0.2) is 0 Å². The molecule has 0 amide bonds. The number of carboxylic acid groups (broad SMARTS) is 1. The summed E-state index contributed by atoms with van der Waals surface area (Å²) in [6, 6.07) is 6.60. The lowest BCUT2D eigenvalue weighted by Crippen LogP contribution is -2.74. The predicted octanol–water partition coefficient (Wildman–Crippen LogP) is -0.909. The van der Waals surface area contributed by atoms with Crippen molar-refractivity contribution >= 4 is 5.97 Å². The van der Waals surface area contributed by atoms with Gasteiger partial charge in [-0.05, 0) is 0 Å². The minimum Gasteiger partial charge on any atom is -0.470 e. The first-order chi connectivity index (χ1) is 8.69. The number of nitrogens with zero attached hydrogens (tertiary/aromatic N) is 2. The van der Waals surface area contributed by atoms with Crippen LogP contribution < -0.4 is 11.5 Å². The number of nitro groups is 2. The second-order valence-electron chi connectivity index (χ2n) is 3.73. The molecule has 10 nitrogen and oxygen atoms in total. The van der Waals surface area contributed by atoms with Crippen LogP contribution in [0.5, 0.6) is 0 Å². The third kappa shape index (κ3) is 1.88. The van der Waals surface area contributed by atoms with Crippen LogP contribution in [0.2, 0.25) is 0 Å². The van der Waals surface area contributed by atoms with E-state index in [0.717, 1.165) is 0 Å². The van der Waals surface area contributed by atoms with Crippen molar-refractivity contribution in [3.05, 3.63) is 56.1 Å². The second kappa shape index (κ2) is 4.59. The normalized spacial score (nSPS) is 11.9. The highest BCUT2D eigenvalue weighted by Gasteiger charge is 2.77. The van der Waals surface area contributed by atoms with Gasteiger partial charge in [0.2, 0.25) is 5.66 Å². The SMILES string of the molecule is NC(N)(c1ccccc1)C(C(=O)O)([N+](=O)[O-])[N+](=O)[O-]. The molecular weight excluding hydrogens is 260 g/mol. The molecule has 1 aromatic rings. The standard InChI is InChI=1S/C9H10N4O6/c10-8(11,6-4-2-1-3-5-6)9(7(14)15,12(16)17)13(18)19/h1-5H,10-11H2,(H,14,15). The first-order valence-electron chi connectivity index (χ1n) is 4.84. The molecule has 19 heavy (non-hydrogen) atoms. The molecule has 5 N–H and O–H groups in total. The molecule has 0 bridgehead atoms. The molecule has 0 spiro atoms. The molecule has 0 fully saturated rings. The van der Waals surface area contributed by atoms with Crippen molar-refractivity contribution in [3.8, 4) is 0 Å². The summed E-state index contributed by atoms with van der Waals surface area (Å²) in [6.45, 7) is 0. The molecule has 0 saturated carbocycles. The zero-order chi connectivity index (χ0) is 14.8. The zero-order valence-electron chi connectivity index (χ0n) is 9.42. The van der Waals surface area contributed by atoms with Gasteiger partial charge in [-0.1, -0.05) is 30.3 Å². The number of aliphatic carboxylic acids is 1. The van der Waals surface area contributed by atoms with E-state index in [4.69, 9.17) is 16.6 Å². The second-order valence-corrected chi connectivity index (χ2v) is 3.73. The van der Waals surface area contributed by atoms with Gasteiger partial charge >= 0.3 is 11.6 Å². The lowest BCUT2D eigenvalue weighted by atomic mass is 9.88. The Morgan fingerprint density at radius 1 is 1.11 bits per heavy atom. The quantitative estimate of drug-likeness (QED) is 0.349.